The highest BCUT2D eigenvalue weighted by molar-refractivity contribution is 5.96. The van der Waals surface area contributed by atoms with Gasteiger partial charge in [0.25, 0.3) is 0 Å². The van der Waals surface area contributed by atoms with E-state index in [-0.39, 0.29) is 12.5 Å². The number of aromatic amines is 2. The van der Waals surface area contributed by atoms with E-state index in [1.165, 1.54) is 30.5 Å². The zero-order chi connectivity index (χ0) is 23.0. The highest BCUT2D eigenvalue weighted by atomic mass is 16.3. The maximum Gasteiger partial charge on any atom is 0.227 e. The lowest BCUT2D eigenvalue weighted by Crippen LogP contribution is -2.35. The van der Waals surface area contributed by atoms with Crippen LogP contribution in [-0.4, -0.2) is 39.3 Å². The van der Waals surface area contributed by atoms with Crippen LogP contribution in [0.15, 0.2) is 24.3 Å². The normalized spacial score (nSPS) is 18.4. The fourth-order valence-electron chi connectivity index (χ4n) is 5.73. The smallest absolute Gasteiger partial charge is 0.227 e. The van der Waals surface area contributed by atoms with Crippen LogP contribution in [-0.2, 0) is 17.6 Å². The molecule has 0 atom stereocenters. The van der Waals surface area contributed by atoms with Gasteiger partial charge in [-0.25, -0.2) is 0 Å². The summed E-state index contributed by atoms with van der Waals surface area (Å²) in [5.41, 5.74) is 6.75. The number of fused-ring (bicyclic) bond motifs is 2. The van der Waals surface area contributed by atoms with Crippen LogP contribution >= 0.6 is 0 Å². The van der Waals surface area contributed by atoms with Crippen molar-refractivity contribution in [2.45, 2.75) is 71.6 Å². The zero-order valence-electron chi connectivity index (χ0n) is 19.9. The SMILES string of the molecule is CC1(C)CCc2c(-c3cc4ccc(N(CCO)C(=O)CC5CCCCC5)cc4[nH]3)n[nH]c2C1. The Labute approximate surface area is 195 Å². The molecule has 0 unspecified atom stereocenters. The molecule has 0 saturated heterocycles. The number of aliphatic hydroxyl groups is 1. The number of benzene rings is 1. The van der Waals surface area contributed by atoms with E-state index in [4.69, 9.17) is 0 Å². The van der Waals surface area contributed by atoms with Crippen LogP contribution in [0.2, 0.25) is 0 Å². The van der Waals surface area contributed by atoms with Gasteiger partial charge in [0.2, 0.25) is 5.91 Å². The lowest BCUT2D eigenvalue weighted by molar-refractivity contribution is -0.119. The largest absolute Gasteiger partial charge is 0.395 e. The molecule has 0 radical (unpaired) electrons. The van der Waals surface area contributed by atoms with Crippen LogP contribution in [0.25, 0.3) is 22.3 Å². The standard InChI is InChI=1S/C27H36N4O2/c1-27(2)11-10-21-24(17-27)29-30-26(21)23-15-19-8-9-20(16-22(19)28-23)31(12-13-32)25(33)14-18-6-4-3-5-7-18/h8-9,15-16,18,28,32H,3-7,10-14,17H2,1-2H3,(H,29,30). The first kappa shape index (κ1) is 22.2. The number of H-pyrrole nitrogens is 2. The van der Waals surface area contributed by atoms with Gasteiger partial charge in [0.05, 0.1) is 12.3 Å². The minimum absolute atomic E-state index is 0.0415. The third kappa shape index (κ3) is 4.58. The van der Waals surface area contributed by atoms with E-state index >= 15 is 0 Å². The molecule has 6 nitrogen and oxygen atoms in total. The van der Waals surface area contributed by atoms with Crippen LogP contribution in [0.1, 0.15) is 70.1 Å². The first-order chi connectivity index (χ1) is 15.9. The Morgan fingerprint density at radius 1 is 1.21 bits per heavy atom. The van der Waals surface area contributed by atoms with E-state index in [2.05, 4.69) is 41.2 Å². The summed E-state index contributed by atoms with van der Waals surface area (Å²) < 4.78 is 0. The molecule has 6 heteroatoms. The van der Waals surface area contributed by atoms with E-state index in [1.807, 2.05) is 12.1 Å². The summed E-state index contributed by atoms with van der Waals surface area (Å²) in [7, 11) is 0. The number of hydrogen-bond acceptors (Lipinski definition) is 3. The number of nitrogens with one attached hydrogen (secondary N) is 2. The Morgan fingerprint density at radius 2 is 2.03 bits per heavy atom. The lowest BCUT2D eigenvalue weighted by Gasteiger charge is -2.28. The van der Waals surface area contributed by atoms with Crippen LogP contribution in [0.4, 0.5) is 5.69 Å². The molecule has 0 aliphatic heterocycles. The van der Waals surface area contributed by atoms with Gasteiger partial charge in [-0.05, 0) is 61.6 Å². The summed E-state index contributed by atoms with van der Waals surface area (Å²) in [6.45, 7) is 4.91. The Kier molecular flexibility index (Phi) is 6.04. The fraction of sp³-hybridized carbons (Fsp3) is 0.556. The summed E-state index contributed by atoms with van der Waals surface area (Å²) in [5.74, 6) is 0.593. The van der Waals surface area contributed by atoms with Crippen molar-refractivity contribution in [3.05, 3.63) is 35.5 Å². The molecule has 5 rings (SSSR count). The lowest BCUT2D eigenvalue weighted by atomic mass is 9.76. The number of nitrogens with zero attached hydrogens (tertiary/aromatic N) is 2. The molecular formula is C27H36N4O2. The molecule has 1 fully saturated rings. The summed E-state index contributed by atoms with van der Waals surface area (Å²) >= 11 is 0. The van der Waals surface area contributed by atoms with Crippen molar-refractivity contribution in [3.63, 3.8) is 0 Å². The molecule has 33 heavy (non-hydrogen) atoms. The fourth-order valence-corrected chi connectivity index (χ4v) is 5.73. The average Bonchev–Trinajstić information content (AvgIpc) is 3.40. The van der Waals surface area contributed by atoms with Gasteiger partial charge in [0, 0.05) is 40.8 Å². The Bertz CT molecular complexity index is 1140. The maximum absolute atomic E-state index is 13.1. The van der Waals surface area contributed by atoms with Gasteiger partial charge in [0.1, 0.15) is 5.69 Å². The molecule has 2 aliphatic carbocycles. The molecule has 2 heterocycles. The minimum Gasteiger partial charge on any atom is -0.395 e. The first-order valence-corrected chi connectivity index (χ1v) is 12.5. The highest BCUT2D eigenvalue weighted by Gasteiger charge is 2.29. The van der Waals surface area contributed by atoms with Crippen molar-refractivity contribution in [2.75, 3.05) is 18.1 Å². The topological polar surface area (TPSA) is 85.0 Å². The van der Waals surface area contributed by atoms with Gasteiger partial charge in [0.15, 0.2) is 0 Å². The Balaban J connectivity index is 1.40. The van der Waals surface area contributed by atoms with Crippen molar-refractivity contribution in [1.82, 2.24) is 15.2 Å². The van der Waals surface area contributed by atoms with E-state index in [0.29, 0.717) is 24.3 Å². The maximum atomic E-state index is 13.1. The average molecular weight is 449 g/mol. The van der Waals surface area contributed by atoms with Crippen molar-refractivity contribution in [3.8, 4) is 11.4 Å². The second-order valence-corrected chi connectivity index (χ2v) is 10.8. The van der Waals surface area contributed by atoms with Gasteiger partial charge in [-0.2, -0.15) is 5.10 Å². The summed E-state index contributed by atoms with van der Waals surface area (Å²) in [5, 5.41) is 18.7. The molecule has 1 amide bonds. The molecule has 0 spiro atoms. The van der Waals surface area contributed by atoms with Crippen molar-refractivity contribution in [1.29, 1.82) is 0 Å². The zero-order valence-corrected chi connectivity index (χ0v) is 19.9. The second-order valence-electron chi connectivity index (χ2n) is 10.8. The molecule has 3 N–H and O–H groups in total. The summed E-state index contributed by atoms with van der Waals surface area (Å²) in [6, 6.07) is 8.24. The predicted molar refractivity (Wildman–Crippen MR) is 132 cm³/mol. The van der Waals surface area contributed by atoms with Crippen LogP contribution in [0, 0.1) is 11.3 Å². The van der Waals surface area contributed by atoms with Gasteiger partial charge in [-0.15, -0.1) is 0 Å². The molecule has 0 bridgehead atoms. The number of anilines is 1. The van der Waals surface area contributed by atoms with E-state index in [1.54, 1.807) is 4.90 Å². The number of amides is 1. The molecule has 3 aromatic rings. The quantitative estimate of drug-likeness (QED) is 0.474. The van der Waals surface area contributed by atoms with Crippen LogP contribution in [0.5, 0.6) is 0 Å². The molecule has 2 aromatic heterocycles. The molecule has 1 aromatic carbocycles. The predicted octanol–water partition coefficient (Wildman–Crippen LogP) is 5.37. The molecule has 1 saturated carbocycles. The minimum atomic E-state index is -0.0415. The third-order valence-electron chi connectivity index (χ3n) is 7.65. The molecular weight excluding hydrogens is 412 g/mol. The Morgan fingerprint density at radius 3 is 2.82 bits per heavy atom. The monoisotopic (exact) mass is 448 g/mol. The number of hydrogen-bond donors (Lipinski definition) is 3. The molecule has 176 valence electrons. The summed E-state index contributed by atoms with van der Waals surface area (Å²) in [4.78, 5) is 18.4. The molecule has 2 aliphatic rings. The van der Waals surface area contributed by atoms with Crippen molar-refractivity contribution >= 4 is 22.5 Å². The summed E-state index contributed by atoms with van der Waals surface area (Å²) in [6.07, 6.45) is 9.82. The Hall–Kier alpha value is -2.60. The van der Waals surface area contributed by atoms with E-state index < -0.39 is 0 Å². The van der Waals surface area contributed by atoms with Crippen LogP contribution in [0.3, 0.4) is 0 Å². The first-order valence-electron chi connectivity index (χ1n) is 12.5. The van der Waals surface area contributed by atoms with Crippen molar-refractivity contribution in [2.24, 2.45) is 11.3 Å². The number of aliphatic hydroxyl groups excluding tert-OH is 1. The van der Waals surface area contributed by atoms with Gasteiger partial charge in [-0.1, -0.05) is 39.2 Å². The second kappa shape index (κ2) is 8.98. The van der Waals surface area contributed by atoms with Crippen LogP contribution < -0.4 is 4.90 Å². The van der Waals surface area contributed by atoms with E-state index in [9.17, 15) is 9.90 Å². The number of aromatic nitrogens is 3. The van der Waals surface area contributed by atoms with E-state index in [0.717, 1.165) is 60.1 Å². The number of carbonyl (C=O) groups is 1. The number of carbonyl (C=O) groups excluding carboxylic acids is 1. The number of rotatable bonds is 6. The third-order valence-corrected chi connectivity index (χ3v) is 7.65. The van der Waals surface area contributed by atoms with Gasteiger partial charge >= 0.3 is 0 Å². The highest BCUT2D eigenvalue weighted by Crippen LogP contribution is 2.38. The van der Waals surface area contributed by atoms with Crippen molar-refractivity contribution < 1.29 is 9.90 Å². The van der Waals surface area contributed by atoms with Gasteiger partial charge in [-0.3, -0.25) is 9.89 Å². The van der Waals surface area contributed by atoms with Gasteiger partial charge < -0.3 is 15.0 Å².